The third kappa shape index (κ3) is 2.31. The highest BCUT2D eigenvalue weighted by Gasteiger charge is 2.09. The number of nitrogen functional groups attached to an aromatic ring is 1. The monoisotopic (exact) mass is 246 g/mol. The van der Waals surface area contributed by atoms with Crippen LogP contribution in [0, 0.1) is 0 Å². The number of nitrogens with zero attached hydrogens (tertiary/aromatic N) is 1. The molecule has 0 bridgehead atoms. The fourth-order valence-corrected chi connectivity index (χ4v) is 1.92. The summed E-state index contributed by atoms with van der Waals surface area (Å²) in [6.45, 7) is 1.43. The lowest BCUT2D eigenvalue weighted by Crippen LogP contribution is -2.10. The molecular formula is C13H18N4O. The fourth-order valence-electron chi connectivity index (χ4n) is 1.92. The van der Waals surface area contributed by atoms with Gasteiger partial charge in [-0.2, -0.15) is 0 Å². The standard InChI is InChI=1S/C13H18N4O/c1-18-11-4-3-10(15)12-9(11)5-8-17-13(12)16-7-2-6-14/h3-5,8H,2,6-7,14-15H2,1H3,(H,16,17). The van der Waals surface area contributed by atoms with Crippen LogP contribution < -0.4 is 21.5 Å². The molecule has 0 radical (unpaired) electrons. The van der Waals surface area contributed by atoms with Crippen LogP contribution in [0.4, 0.5) is 11.5 Å². The number of hydrogen-bond donors (Lipinski definition) is 3. The predicted octanol–water partition coefficient (Wildman–Crippen LogP) is 1.59. The van der Waals surface area contributed by atoms with Crippen molar-refractivity contribution in [3.8, 4) is 5.75 Å². The average Bonchev–Trinajstić information content (AvgIpc) is 2.39. The van der Waals surface area contributed by atoms with Crippen LogP contribution in [-0.2, 0) is 0 Å². The molecule has 2 aromatic rings. The second-order valence-corrected chi connectivity index (χ2v) is 4.01. The maximum absolute atomic E-state index is 6.02. The van der Waals surface area contributed by atoms with Gasteiger partial charge in [-0.3, -0.25) is 0 Å². The Kier molecular flexibility index (Phi) is 3.84. The number of hydrogen-bond acceptors (Lipinski definition) is 5. The van der Waals surface area contributed by atoms with Crippen molar-refractivity contribution in [2.45, 2.75) is 6.42 Å². The second kappa shape index (κ2) is 5.55. The summed E-state index contributed by atoms with van der Waals surface area (Å²) in [5, 5.41) is 5.11. The largest absolute Gasteiger partial charge is 0.496 e. The van der Waals surface area contributed by atoms with E-state index in [9.17, 15) is 0 Å². The van der Waals surface area contributed by atoms with Crippen LogP contribution in [0.2, 0.25) is 0 Å². The molecule has 0 fully saturated rings. The Morgan fingerprint density at radius 2 is 2.17 bits per heavy atom. The van der Waals surface area contributed by atoms with Gasteiger partial charge in [0.1, 0.15) is 11.6 Å². The Labute approximate surface area is 106 Å². The van der Waals surface area contributed by atoms with Gasteiger partial charge < -0.3 is 21.5 Å². The van der Waals surface area contributed by atoms with E-state index in [1.165, 1.54) is 0 Å². The summed E-state index contributed by atoms with van der Waals surface area (Å²) in [7, 11) is 1.65. The van der Waals surface area contributed by atoms with E-state index < -0.39 is 0 Å². The first-order valence-corrected chi connectivity index (χ1v) is 5.93. The first-order valence-electron chi connectivity index (χ1n) is 5.93. The Balaban J connectivity index is 2.47. The van der Waals surface area contributed by atoms with Crippen LogP contribution in [0.1, 0.15) is 6.42 Å². The van der Waals surface area contributed by atoms with Crippen LogP contribution in [0.25, 0.3) is 10.8 Å². The molecule has 5 N–H and O–H groups in total. The molecule has 0 atom stereocenters. The van der Waals surface area contributed by atoms with Gasteiger partial charge in [0.05, 0.1) is 12.5 Å². The van der Waals surface area contributed by atoms with E-state index in [-0.39, 0.29) is 0 Å². The lowest BCUT2D eigenvalue weighted by atomic mass is 10.1. The highest BCUT2D eigenvalue weighted by Crippen LogP contribution is 2.33. The molecule has 2 rings (SSSR count). The van der Waals surface area contributed by atoms with E-state index in [0.717, 1.165) is 35.3 Å². The van der Waals surface area contributed by atoms with Crippen molar-refractivity contribution in [2.24, 2.45) is 5.73 Å². The van der Waals surface area contributed by atoms with E-state index in [0.29, 0.717) is 12.2 Å². The minimum absolute atomic E-state index is 0.649. The van der Waals surface area contributed by atoms with Gasteiger partial charge in [0.15, 0.2) is 0 Å². The van der Waals surface area contributed by atoms with Crippen LogP contribution in [0.3, 0.4) is 0 Å². The minimum Gasteiger partial charge on any atom is -0.496 e. The minimum atomic E-state index is 0.649. The summed E-state index contributed by atoms with van der Waals surface area (Å²) in [6.07, 6.45) is 2.64. The van der Waals surface area contributed by atoms with E-state index in [4.69, 9.17) is 16.2 Å². The summed E-state index contributed by atoms with van der Waals surface area (Å²) in [4.78, 5) is 4.33. The Morgan fingerprint density at radius 3 is 2.89 bits per heavy atom. The molecule has 0 aliphatic carbocycles. The van der Waals surface area contributed by atoms with Crippen molar-refractivity contribution in [2.75, 3.05) is 31.2 Å². The van der Waals surface area contributed by atoms with E-state index in [1.807, 2.05) is 18.2 Å². The van der Waals surface area contributed by atoms with Gasteiger partial charge in [-0.1, -0.05) is 0 Å². The highest BCUT2D eigenvalue weighted by atomic mass is 16.5. The summed E-state index contributed by atoms with van der Waals surface area (Å²) in [5.41, 5.74) is 12.2. The first-order chi connectivity index (χ1) is 8.77. The van der Waals surface area contributed by atoms with Crippen LogP contribution in [0.15, 0.2) is 24.4 Å². The molecular weight excluding hydrogens is 228 g/mol. The number of pyridine rings is 1. The Bertz CT molecular complexity index is 542. The number of nitrogens with one attached hydrogen (secondary N) is 1. The van der Waals surface area contributed by atoms with Crippen molar-refractivity contribution in [1.82, 2.24) is 4.98 Å². The molecule has 1 aromatic carbocycles. The molecule has 1 aromatic heterocycles. The van der Waals surface area contributed by atoms with Crippen molar-refractivity contribution in [3.05, 3.63) is 24.4 Å². The van der Waals surface area contributed by atoms with Crippen molar-refractivity contribution >= 4 is 22.3 Å². The number of aromatic nitrogens is 1. The molecule has 0 saturated carbocycles. The smallest absolute Gasteiger partial charge is 0.136 e. The number of anilines is 2. The maximum atomic E-state index is 6.02. The molecule has 0 aliphatic rings. The molecule has 0 unspecified atom stereocenters. The number of benzene rings is 1. The van der Waals surface area contributed by atoms with Crippen LogP contribution in [-0.4, -0.2) is 25.2 Å². The summed E-state index contributed by atoms with van der Waals surface area (Å²) < 4.78 is 5.33. The van der Waals surface area contributed by atoms with Gasteiger partial charge in [0.2, 0.25) is 0 Å². The first kappa shape index (κ1) is 12.4. The molecule has 0 spiro atoms. The molecule has 1 heterocycles. The molecule has 5 nitrogen and oxygen atoms in total. The Hall–Kier alpha value is -2.01. The maximum Gasteiger partial charge on any atom is 0.136 e. The van der Waals surface area contributed by atoms with Gasteiger partial charge >= 0.3 is 0 Å². The summed E-state index contributed by atoms with van der Waals surface area (Å²) >= 11 is 0. The molecule has 96 valence electrons. The van der Waals surface area contributed by atoms with Crippen LogP contribution >= 0.6 is 0 Å². The molecule has 0 aliphatic heterocycles. The van der Waals surface area contributed by atoms with Gasteiger partial charge in [-0.05, 0) is 31.2 Å². The number of rotatable bonds is 5. The van der Waals surface area contributed by atoms with Gasteiger partial charge in [-0.15, -0.1) is 0 Å². The molecule has 0 saturated heterocycles. The number of fused-ring (bicyclic) bond motifs is 1. The molecule has 5 heteroatoms. The summed E-state index contributed by atoms with van der Waals surface area (Å²) in [5.74, 6) is 1.57. The van der Waals surface area contributed by atoms with Crippen LogP contribution in [0.5, 0.6) is 5.75 Å². The predicted molar refractivity (Wildman–Crippen MR) is 74.9 cm³/mol. The van der Waals surface area contributed by atoms with Gasteiger partial charge in [-0.25, -0.2) is 4.98 Å². The van der Waals surface area contributed by atoms with E-state index in [2.05, 4.69) is 10.3 Å². The Morgan fingerprint density at radius 1 is 1.33 bits per heavy atom. The van der Waals surface area contributed by atoms with E-state index in [1.54, 1.807) is 13.3 Å². The number of ether oxygens (including phenoxy) is 1. The fraction of sp³-hybridized carbons (Fsp3) is 0.308. The number of methoxy groups -OCH3 is 1. The number of nitrogens with two attached hydrogens (primary N) is 2. The summed E-state index contributed by atoms with van der Waals surface area (Å²) in [6, 6.07) is 5.59. The second-order valence-electron chi connectivity index (χ2n) is 4.01. The zero-order valence-electron chi connectivity index (χ0n) is 10.4. The third-order valence-corrected chi connectivity index (χ3v) is 2.81. The molecule has 18 heavy (non-hydrogen) atoms. The lowest BCUT2D eigenvalue weighted by Gasteiger charge is -2.12. The average molecular weight is 246 g/mol. The normalized spacial score (nSPS) is 10.6. The van der Waals surface area contributed by atoms with Crippen molar-refractivity contribution in [3.63, 3.8) is 0 Å². The van der Waals surface area contributed by atoms with Crippen molar-refractivity contribution < 1.29 is 4.74 Å². The zero-order valence-corrected chi connectivity index (χ0v) is 10.4. The molecule has 0 amide bonds. The van der Waals surface area contributed by atoms with Gasteiger partial charge in [0.25, 0.3) is 0 Å². The highest BCUT2D eigenvalue weighted by molar-refractivity contribution is 6.03. The topological polar surface area (TPSA) is 86.2 Å². The SMILES string of the molecule is COc1ccc(N)c2c(NCCCN)nccc12. The third-order valence-electron chi connectivity index (χ3n) is 2.81. The quantitative estimate of drug-likeness (QED) is 0.551. The lowest BCUT2D eigenvalue weighted by molar-refractivity contribution is 0.420. The zero-order chi connectivity index (χ0) is 13.0. The van der Waals surface area contributed by atoms with Gasteiger partial charge in [0, 0.05) is 23.8 Å². The van der Waals surface area contributed by atoms with Crippen molar-refractivity contribution in [1.29, 1.82) is 0 Å². The van der Waals surface area contributed by atoms with E-state index >= 15 is 0 Å².